The SMILES string of the molecule is CC(CN(C)S(=O)(=O)CCCC(F)(F)F)C(N)=S. The van der Waals surface area contributed by atoms with E-state index in [1.54, 1.807) is 6.92 Å². The first-order valence-electron chi connectivity index (χ1n) is 5.26. The number of hydrogen-bond acceptors (Lipinski definition) is 3. The molecule has 0 saturated heterocycles. The average Bonchev–Trinajstić information content (AvgIpc) is 2.14. The lowest BCUT2D eigenvalue weighted by Crippen LogP contribution is -2.36. The van der Waals surface area contributed by atoms with Crippen LogP contribution in [-0.2, 0) is 10.0 Å². The van der Waals surface area contributed by atoms with E-state index in [-0.39, 0.29) is 17.5 Å². The molecule has 4 nitrogen and oxygen atoms in total. The van der Waals surface area contributed by atoms with Crippen molar-refractivity contribution in [3.63, 3.8) is 0 Å². The lowest BCUT2D eigenvalue weighted by molar-refractivity contribution is -0.134. The number of sulfonamides is 1. The fraction of sp³-hybridized carbons (Fsp3) is 0.889. The van der Waals surface area contributed by atoms with E-state index >= 15 is 0 Å². The zero-order valence-corrected chi connectivity index (χ0v) is 11.8. The summed E-state index contributed by atoms with van der Waals surface area (Å²) in [4.78, 5) is 0.173. The van der Waals surface area contributed by atoms with E-state index in [4.69, 9.17) is 18.0 Å². The molecule has 0 aromatic heterocycles. The Bertz CT molecular complexity index is 382. The molecule has 18 heavy (non-hydrogen) atoms. The summed E-state index contributed by atoms with van der Waals surface area (Å²) in [7, 11) is -2.39. The second kappa shape index (κ2) is 6.67. The molecule has 0 aliphatic carbocycles. The molecule has 9 heteroatoms. The predicted octanol–water partition coefficient (Wildman–Crippen LogP) is 1.51. The second-order valence-electron chi connectivity index (χ2n) is 4.12. The Kier molecular flexibility index (Phi) is 6.52. The third-order valence-electron chi connectivity index (χ3n) is 2.35. The predicted molar refractivity (Wildman–Crippen MR) is 67.7 cm³/mol. The lowest BCUT2D eigenvalue weighted by atomic mass is 10.2. The van der Waals surface area contributed by atoms with E-state index in [0.717, 1.165) is 4.31 Å². The number of hydrogen-bond donors (Lipinski definition) is 1. The first-order chi connectivity index (χ1) is 7.96. The van der Waals surface area contributed by atoms with E-state index in [2.05, 4.69) is 0 Å². The zero-order chi connectivity index (χ0) is 14.6. The minimum absolute atomic E-state index is 0.0731. The Hall–Kier alpha value is -0.410. The van der Waals surface area contributed by atoms with Gasteiger partial charge in [0.2, 0.25) is 10.0 Å². The smallest absolute Gasteiger partial charge is 0.389 e. The van der Waals surface area contributed by atoms with Crippen LogP contribution in [0, 0.1) is 5.92 Å². The highest BCUT2D eigenvalue weighted by Gasteiger charge is 2.28. The van der Waals surface area contributed by atoms with Gasteiger partial charge in [0.25, 0.3) is 0 Å². The first kappa shape index (κ1) is 17.6. The molecule has 0 bridgehead atoms. The third-order valence-corrected chi connectivity index (χ3v) is 4.66. The maximum atomic E-state index is 11.9. The van der Waals surface area contributed by atoms with E-state index in [1.165, 1.54) is 7.05 Å². The number of rotatable bonds is 7. The molecular weight excluding hydrogens is 289 g/mol. The van der Waals surface area contributed by atoms with Crippen LogP contribution in [0.4, 0.5) is 13.2 Å². The van der Waals surface area contributed by atoms with Crippen LogP contribution in [0.15, 0.2) is 0 Å². The van der Waals surface area contributed by atoms with Gasteiger partial charge in [0, 0.05) is 25.9 Å². The molecule has 0 amide bonds. The molecule has 0 rings (SSSR count). The van der Waals surface area contributed by atoms with Crippen molar-refractivity contribution < 1.29 is 21.6 Å². The molecular formula is C9H17F3N2O2S2. The monoisotopic (exact) mass is 306 g/mol. The Morgan fingerprint density at radius 2 is 1.94 bits per heavy atom. The summed E-state index contributed by atoms with van der Waals surface area (Å²) >= 11 is 4.70. The van der Waals surface area contributed by atoms with Gasteiger partial charge in [-0.05, 0) is 6.42 Å². The van der Waals surface area contributed by atoms with Gasteiger partial charge >= 0.3 is 6.18 Å². The molecule has 0 heterocycles. The van der Waals surface area contributed by atoms with Gasteiger partial charge in [-0.15, -0.1) is 0 Å². The van der Waals surface area contributed by atoms with Crippen LogP contribution in [0.3, 0.4) is 0 Å². The van der Waals surface area contributed by atoms with Crippen LogP contribution in [-0.4, -0.2) is 43.2 Å². The van der Waals surface area contributed by atoms with Gasteiger partial charge in [0.1, 0.15) is 0 Å². The van der Waals surface area contributed by atoms with Crippen LogP contribution in [0.25, 0.3) is 0 Å². The first-order valence-corrected chi connectivity index (χ1v) is 7.27. The van der Waals surface area contributed by atoms with Crippen molar-refractivity contribution >= 4 is 27.2 Å². The highest BCUT2D eigenvalue weighted by molar-refractivity contribution is 7.89. The van der Waals surface area contributed by atoms with E-state index in [9.17, 15) is 21.6 Å². The molecule has 1 atom stereocenters. The molecule has 0 radical (unpaired) electrons. The molecule has 2 N–H and O–H groups in total. The van der Waals surface area contributed by atoms with Gasteiger partial charge in [-0.25, -0.2) is 12.7 Å². The number of alkyl halides is 3. The van der Waals surface area contributed by atoms with Crippen LogP contribution >= 0.6 is 12.2 Å². The van der Waals surface area contributed by atoms with E-state index < -0.39 is 34.8 Å². The minimum Gasteiger partial charge on any atom is -0.393 e. The van der Waals surface area contributed by atoms with Crippen LogP contribution in [0.2, 0.25) is 0 Å². The fourth-order valence-electron chi connectivity index (χ4n) is 1.20. The third kappa shape index (κ3) is 7.12. The topological polar surface area (TPSA) is 63.4 Å². The summed E-state index contributed by atoms with van der Waals surface area (Å²) in [6.07, 6.45) is -5.89. The Morgan fingerprint density at radius 3 is 2.33 bits per heavy atom. The van der Waals surface area contributed by atoms with E-state index in [0.29, 0.717) is 0 Å². The Balaban J connectivity index is 4.33. The highest BCUT2D eigenvalue weighted by atomic mass is 32.2. The van der Waals surface area contributed by atoms with Crippen molar-refractivity contribution in [1.82, 2.24) is 4.31 Å². The van der Waals surface area contributed by atoms with Crippen molar-refractivity contribution in [3.8, 4) is 0 Å². The lowest BCUT2D eigenvalue weighted by Gasteiger charge is -2.20. The van der Waals surface area contributed by atoms with Crippen LogP contribution in [0.5, 0.6) is 0 Å². The van der Waals surface area contributed by atoms with Gasteiger partial charge in [0.05, 0.1) is 10.7 Å². The number of nitrogens with two attached hydrogens (primary N) is 1. The molecule has 0 fully saturated rings. The van der Waals surface area contributed by atoms with Crippen molar-refractivity contribution in [3.05, 3.63) is 0 Å². The van der Waals surface area contributed by atoms with Crippen molar-refractivity contribution in [2.24, 2.45) is 11.7 Å². The van der Waals surface area contributed by atoms with Gasteiger partial charge in [-0.1, -0.05) is 19.1 Å². The largest absolute Gasteiger partial charge is 0.393 e. The maximum absolute atomic E-state index is 11.9. The molecule has 0 aromatic rings. The summed E-state index contributed by atoms with van der Waals surface area (Å²) in [6, 6.07) is 0. The molecule has 0 spiro atoms. The average molecular weight is 306 g/mol. The van der Waals surface area contributed by atoms with Gasteiger partial charge in [-0.3, -0.25) is 0 Å². The van der Waals surface area contributed by atoms with Gasteiger partial charge in [-0.2, -0.15) is 13.2 Å². The van der Waals surface area contributed by atoms with Crippen molar-refractivity contribution in [1.29, 1.82) is 0 Å². The van der Waals surface area contributed by atoms with Crippen LogP contribution < -0.4 is 5.73 Å². The molecule has 0 aliphatic rings. The van der Waals surface area contributed by atoms with Crippen LogP contribution in [0.1, 0.15) is 19.8 Å². The fourth-order valence-corrected chi connectivity index (χ4v) is 2.55. The standard InChI is InChI=1S/C9H17F3N2O2S2/c1-7(8(13)17)6-14(2)18(15,16)5-3-4-9(10,11)12/h7H,3-6H2,1-2H3,(H2,13,17). The summed E-state index contributed by atoms with van der Waals surface area (Å²) in [5.74, 6) is -0.852. The molecule has 1 unspecified atom stereocenters. The summed E-state index contributed by atoms with van der Waals surface area (Å²) in [5, 5.41) is 0. The molecule has 0 aromatic carbocycles. The summed E-state index contributed by atoms with van der Waals surface area (Å²) in [6.45, 7) is 1.73. The zero-order valence-electron chi connectivity index (χ0n) is 10.2. The van der Waals surface area contributed by atoms with Gasteiger partial charge in [0.15, 0.2) is 0 Å². The summed E-state index contributed by atoms with van der Waals surface area (Å²) < 4.78 is 60.0. The quantitative estimate of drug-likeness (QED) is 0.724. The Labute approximate surface area is 110 Å². The minimum atomic E-state index is -4.33. The van der Waals surface area contributed by atoms with Crippen molar-refractivity contribution in [2.45, 2.75) is 25.9 Å². The number of halogens is 3. The Morgan fingerprint density at radius 1 is 1.44 bits per heavy atom. The molecule has 0 aliphatic heterocycles. The summed E-state index contributed by atoms with van der Waals surface area (Å²) in [5.41, 5.74) is 5.35. The molecule has 0 saturated carbocycles. The van der Waals surface area contributed by atoms with Gasteiger partial charge < -0.3 is 5.73 Å². The maximum Gasteiger partial charge on any atom is 0.389 e. The number of nitrogens with zero attached hydrogens (tertiary/aromatic N) is 1. The highest BCUT2D eigenvalue weighted by Crippen LogP contribution is 2.22. The second-order valence-corrected chi connectivity index (χ2v) is 6.79. The number of thiocarbonyl (C=S) groups is 1. The normalized spacial score (nSPS) is 14.8. The molecule has 108 valence electrons. The van der Waals surface area contributed by atoms with E-state index in [1.807, 2.05) is 0 Å². The van der Waals surface area contributed by atoms with Crippen molar-refractivity contribution in [2.75, 3.05) is 19.3 Å².